The lowest BCUT2D eigenvalue weighted by Gasteiger charge is -2.19. The Labute approximate surface area is 212 Å². The van der Waals surface area contributed by atoms with Crippen LogP contribution in [0.2, 0.25) is 0 Å². The Morgan fingerprint density at radius 3 is 1.64 bits per heavy atom. The SMILES string of the molecule is CC(C)C[C@H](N)C(=O)OC(=O)[C@@H](N)CC(C)C.C[C@@H](OC(=O)[C@@H](N)CCCNC(=N)N)[C@H](N)C(=O)O. The highest BCUT2D eigenvalue weighted by Gasteiger charge is 2.26. The lowest BCUT2D eigenvalue weighted by Crippen LogP contribution is -2.45. The summed E-state index contributed by atoms with van der Waals surface area (Å²) in [5.74, 6) is -2.94. The van der Waals surface area contributed by atoms with Gasteiger partial charge in [0.05, 0.1) is 0 Å². The van der Waals surface area contributed by atoms with Crippen LogP contribution in [0, 0.1) is 17.2 Å². The number of esters is 3. The number of carboxylic acid groups (broad SMARTS) is 1. The number of nitrogens with two attached hydrogens (primary N) is 5. The van der Waals surface area contributed by atoms with Gasteiger partial charge in [-0.25, -0.2) is 9.59 Å². The highest BCUT2D eigenvalue weighted by molar-refractivity contribution is 5.90. The first kappa shape index (κ1) is 35.4. The molecule has 0 aromatic rings. The Morgan fingerprint density at radius 2 is 1.28 bits per heavy atom. The Bertz CT molecular complexity index is 693. The Morgan fingerprint density at radius 1 is 0.833 bits per heavy atom. The van der Waals surface area contributed by atoms with Crippen LogP contribution in [0.25, 0.3) is 0 Å². The number of hydrogen-bond acceptors (Lipinski definition) is 11. The van der Waals surface area contributed by atoms with Gasteiger partial charge in [-0.15, -0.1) is 0 Å². The number of rotatable bonds is 14. The van der Waals surface area contributed by atoms with Crippen LogP contribution in [0.15, 0.2) is 0 Å². The van der Waals surface area contributed by atoms with Gasteiger partial charge in [0.1, 0.15) is 30.3 Å². The average Bonchev–Trinajstić information content (AvgIpc) is 2.74. The van der Waals surface area contributed by atoms with E-state index in [4.69, 9.17) is 43.9 Å². The molecule has 0 bridgehead atoms. The Hall–Kier alpha value is -2.81. The van der Waals surface area contributed by atoms with Gasteiger partial charge in [0.25, 0.3) is 0 Å². The van der Waals surface area contributed by atoms with Crippen molar-refractivity contribution >= 4 is 29.8 Å². The van der Waals surface area contributed by atoms with Gasteiger partial charge >= 0.3 is 23.9 Å². The maximum Gasteiger partial charge on any atom is 0.330 e. The molecule has 0 unspecified atom stereocenters. The second-order valence-corrected chi connectivity index (χ2v) is 9.31. The minimum Gasteiger partial charge on any atom is -0.480 e. The number of aliphatic carboxylic acids is 1. The Balaban J connectivity index is 0. The third-order valence-electron chi connectivity index (χ3n) is 4.66. The number of ether oxygens (including phenoxy) is 2. The quantitative estimate of drug-likeness (QED) is 0.0437. The molecule has 13 N–H and O–H groups in total. The van der Waals surface area contributed by atoms with Crippen LogP contribution >= 0.6 is 0 Å². The van der Waals surface area contributed by atoms with Crippen molar-refractivity contribution < 1.29 is 33.8 Å². The zero-order chi connectivity index (χ0) is 28.6. The van der Waals surface area contributed by atoms with E-state index in [9.17, 15) is 19.2 Å². The molecule has 0 spiro atoms. The van der Waals surface area contributed by atoms with E-state index in [1.54, 1.807) is 0 Å². The van der Waals surface area contributed by atoms with Gasteiger partial charge in [-0.1, -0.05) is 27.7 Å². The zero-order valence-corrected chi connectivity index (χ0v) is 21.9. The molecule has 0 rings (SSSR count). The largest absolute Gasteiger partial charge is 0.480 e. The Kier molecular flexibility index (Phi) is 18.1. The van der Waals surface area contributed by atoms with Crippen LogP contribution < -0.4 is 34.0 Å². The second kappa shape index (κ2) is 18.5. The maximum atomic E-state index is 11.5. The number of carbonyl (C=O) groups excluding carboxylic acids is 3. The molecule has 5 atom stereocenters. The first-order chi connectivity index (χ1) is 16.5. The second-order valence-electron chi connectivity index (χ2n) is 9.31. The van der Waals surface area contributed by atoms with Crippen LogP contribution in [-0.4, -0.2) is 71.8 Å². The first-order valence-electron chi connectivity index (χ1n) is 11.8. The van der Waals surface area contributed by atoms with E-state index in [2.05, 4.69) is 10.1 Å². The van der Waals surface area contributed by atoms with E-state index in [1.807, 2.05) is 27.7 Å². The van der Waals surface area contributed by atoms with E-state index in [0.29, 0.717) is 32.2 Å². The van der Waals surface area contributed by atoms with Gasteiger partial charge in [0.2, 0.25) is 0 Å². The molecule has 0 aliphatic rings. The van der Waals surface area contributed by atoms with Gasteiger partial charge in [0.15, 0.2) is 5.96 Å². The van der Waals surface area contributed by atoms with Crippen LogP contribution in [0.4, 0.5) is 0 Å². The van der Waals surface area contributed by atoms with E-state index in [1.165, 1.54) is 6.92 Å². The molecule has 0 aromatic carbocycles. The topological polar surface area (TPSA) is 273 Å². The van der Waals surface area contributed by atoms with E-state index < -0.39 is 54.1 Å². The fourth-order valence-corrected chi connectivity index (χ4v) is 2.67. The van der Waals surface area contributed by atoms with E-state index in [-0.39, 0.29) is 17.8 Å². The fourth-order valence-electron chi connectivity index (χ4n) is 2.67. The van der Waals surface area contributed by atoms with Crippen molar-refractivity contribution in [2.45, 2.75) is 90.6 Å². The van der Waals surface area contributed by atoms with Crippen molar-refractivity contribution in [1.82, 2.24) is 5.32 Å². The molecule has 36 heavy (non-hydrogen) atoms. The molecular formula is C22H45N7O7. The molecule has 0 aliphatic heterocycles. The van der Waals surface area contributed by atoms with Crippen LogP contribution in [0.5, 0.6) is 0 Å². The summed E-state index contributed by atoms with van der Waals surface area (Å²) in [6, 6.07) is -3.66. The molecule has 14 heteroatoms. The predicted molar refractivity (Wildman–Crippen MR) is 134 cm³/mol. The minimum absolute atomic E-state index is 0.155. The summed E-state index contributed by atoms with van der Waals surface area (Å²) in [4.78, 5) is 45.0. The molecule has 0 saturated carbocycles. The predicted octanol–water partition coefficient (Wildman–Crippen LogP) is -1.28. The van der Waals surface area contributed by atoms with Crippen molar-refractivity contribution in [1.29, 1.82) is 5.41 Å². The number of guanidine groups is 1. The summed E-state index contributed by atoms with van der Waals surface area (Å²) in [6.45, 7) is 9.58. The number of hydrogen-bond donors (Lipinski definition) is 8. The summed E-state index contributed by atoms with van der Waals surface area (Å²) in [5, 5.41) is 18.1. The lowest BCUT2D eigenvalue weighted by atomic mass is 10.0. The standard InChI is InChI=1S/C12H24N2O3.C10H21N5O4/c1-7(2)5-9(13)11(15)17-12(16)10(14)6-8(3)4;1-5(7(12)8(16)17)19-9(18)6(11)3-2-4-15-10(13)14/h7-10H,5-6,13-14H2,1-4H3;5-7H,2-4,11-12H2,1H3,(H,16,17)(H4,13,14,15)/t9-,10-;5-,6+,7+/m01/s1. The van der Waals surface area contributed by atoms with Crippen LogP contribution in [0.3, 0.4) is 0 Å². The normalized spacial score (nSPS) is 15.0. The molecule has 0 saturated heterocycles. The van der Waals surface area contributed by atoms with Crippen LogP contribution in [0.1, 0.15) is 60.3 Å². The highest BCUT2D eigenvalue weighted by atomic mass is 16.6. The van der Waals surface area contributed by atoms with Crippen molar-refractivity contribution in [3.8, 4) is 0 Å². The minimum atomic E-state index is -1.28. The molecule has 0 radical (unpaired) electrons. The average molecular weight is 520 g/mol. The number of carboxylic acids is 1. The summed E-state index contributed by atoms with van der Waals surface area (Å²) in [5.41, 5.74) is 27.2. The summed E-state index contributed by atoms with van der Waals surface area (Å²) < 4.78 is 9.50. The van der Waals surface area contributed by atoms with Gasteiger partial charge in [-0.3, -0.25) is 15.0 Å². The van der Waals surface area contributed by atoms with E-state index >= 15 is 0 Å². The smallest absolute Gasteiger partial charge is 0.330 e. The van der Waals surface area contributed by atoms with Crippen molar-refractivity contribution in [3.63, 3.8) is 0 Å². The molecule has 0 fully saturated rings. The van der Waals surface area contributed by atoms with Gasteiger partial charge in [-0.2, -0.15) is 0 Å². The monoisotopic (exact) mass is 519 g/mol. The lowest BCUT2D eigenvalue weighted by molar-refractivity contribution is -0.162. The van der Waals surface area contributed by atoms with Crippen molar-refractivity contribution in [2.75, 3.05) is 6.54 Å². The van der Waals surface area contributed by atoms with Gasteiger partial charge in [0, 0.05) is 6.54 Å². The third-order valence-corrected chi connectivity index (χ3v) is 4.66. The molecule has 0 aliphatic carbocycles. The number of carbonyl (C=O) groups is 4. The zero-order valence-electron chi connectivity index (χ0n) is 21.9. The summed E-state index contributed by atoms with van der Waals surface area (Å²) in [7, 11) is 0. The summed E-state index contributed by atoms with van der Waals surface area (Å²) >= 11 is 0. The molecular weight excluding hydrogens is 474 g/mol. The number of nitrogens with one attached hydrogen (secondary N) is 2. The molecule has 0 aromatic heterocycles. The third kappa shape index (κ3) is 17.6. The highest BCUT2D eigenvalue weighted by Crippen LogP contribution is 2.07. The van der Waals surface area contributed by atoms with Gasteiger partial charge < -0.3 is 48.6 Å². The molecule has 0 heterocycles. The van der Waals surface area contributed by atoms with Crippen molar-refractivity contribution in [2.24, 2.45) is 40.5 Å². The van der Waals surface area contributed by atoms with Gasteiger partial charge in [-0.05, 0) is 44.4 Å². The van der Waals surface area contributed by atoms with Crippen molar-refractivity contribution in [3.05, 3.63) is 0 Å². The first-order valence-corrected chi connectivity index (χ1v) is 11.8. The fraction of sp³-hybridized carbons (Fsp3) is 0.773. The molecule has 14 nitrogen and oxygen atoms in total. The summed E-state index contributed by atoms with van der Waals surface area (Å²) in [6.07, 6.45) is 0.881. The maximum absolute atomic E-state index is 11.5. The van der Waals surface area contributed by atoms with E-state index in [0.717, 1.165) is 0 Å². The molecule has 0 amide bonds. The molecule has 210 valence electrons. The van der Waals surface area contributed by atoms with Crippen LogP contribution in [-0.2, 0) is 28.7 Å².